The highest BCUT2D eigenvalue weighted by atomic mass is 32.2. The third kappa shape index (κ3) is 2.56. The van der Waals surface area contributed by atoms with E-state index in [1.54, 1.807) is 12.1 Å². The molecule has 1 aliphatic heterocycles. The molecule has 2 atom stereocenters. The van der Waals surface area contributed by atoms with Gasteiger partial charge in [0.25, 0.3) is 5.69 Å². The largest absolute Gasteiger partial charge is 0.480 e. The molecule has 1 aromatic rings. The molecule has 0 spiro atoms. The molecular formula is C10H10N2O4S. The van der Waals surface area contributed by atoms with Gasteiger partial charge < -0.3 is 5.11 Å². The summed E-state index contributed by atoms with van der Waals surface area (Å²) in [7, 11) is 0. The fraction of sp³-hybridized carbons (Fsp3) is 0.300. The van der Waals surface area contributed by atoms with E-state index in [1.807, 2.05) is 0 Å². The Labute approximate surface area is 101 Å². The lowest BCUT2D eigenvalue weighted by Gasteiger charge is -2.10. The molecule has 6 nitrogen and oxygen atoms in total. The van der Waals surface area contributed by atoms with Gasteiger partial charge >= 0.3 is 5.97 Å². The lowest BCUT2D eigenvalue weighted by Crippen LogP contribution is -2.33. The van der Waals surface area contributed by atoms with Gasteiger partial charge in [0.05, 0.1) is 10.3 Å². The number of carbonyl (C=O) groups is 1. The minimum absolute atomic E-state index is 0.0338. The molecule has 0 aromatic heterocycles. The number of carboxylic acid groups (broad SMARTS) is 1. The zero-order valence-corrected chi connectivity index (χ0v) is 9.52. The molecule has 0 amide bonds. The van der Waals surface area contributed by atoms with E-state index < -0.39 is 16.9 Å². The Kier molecular flexibility index (Phi) is 3.30. The van der Waals surface area contributed by atoms with Crippen molar-refractivity contribution in [3.63, 3.8) is 0 Å². The molecule has 0 aliphatic carbocycles. The molecule has 17 heavy (non-hydrogen) atoms. The van der Waals surface area contributed by atoms with Crippen LogP contribution in [0.1, 0.15) is 10.9 Å². The summed E-state index contributed by atoms with van der Waals surface area (Å²) >= 11 is 1.48. The van der Waals surface area contributed by atoms with Crippen LogP contribution in [0, 0.1) is 10.1 Å². The van der Waals surface area contributed by atoms with Crippen molar-refractivity contribution in [1.82, 2.24) is 5.32 Å². The fourth-order valence-electron chi connectivity index (χ4n) is 1.58. The number of hydrogen-bond acceptors (Lipinski definition) is 5. The van der Waals surface area contributed by atoms with Crippen molar-refractivity contribution in [2.24, 2.45) is 0 Å². The number of aliphatic carboxylic acids is 1. The van der Waals surface area contributed by atoms with E-state index in [4.69, 9.17) is 5.11 Å². The first-order valence-electron chi connectivity index (χ1n) is 4.93. The van der Waals surface area contributed by atoms with Crippen LogP contribution in [0.4, 0.5) is 5.69 Å². The van der Waals surface area contributed by atoms with Crippen molar-refractivity contribution in [3.05, 3.63) is 39.9 Å². The van der Waals surface area contributed by atoms with Crippen LogP contribution in [0.15, 0.2) is 24.3 Å². The molecular weight excluding hydrogens is 244 g/mol. The second-order valence-corrected chi connectivity index (χ2v) is 4.76. The van der Waals surface area contributed by atoms with Crippen molar-refractivity contribution in [3.8, 4) is 0 Å². The van der Waals surface area contributed by atoms with E-state index in [0.717, 1.165) is 5.56 Å². The fourth-order valence-corrected chi connectivity index (χ4v) is 2.81. The summed E-state index contributed by atoms with van der Waals surface area (Å²) in [4.78, 5) is 20.8. The Hall–Kier alpha value is -1.60. The van der Waals surface area contributed by atoms with E-state index in [1.165, 1.54) is 23.9 Å². The number of nitro benzene ring substituents is 1. The van der Waals surface area contributed by atoms with Crippen molar-refractivity contribution in [2.75, 3.05) is 5.75 Å². The summed E-state index contributed by atoms with van der Waals surface area (Å²) < 4.78 is 0. The van der Waals surface area contributed by atoms with Gasteiger partial charge in [-0.05, 0) is 17.7 Å². The Bertz CT molecular complexity index is 448. The number of non-ortho nitro benzene ring substituents is 1. The molecule has 0 saturated carbocycles. The SMILES string of the molecule is O=C(O)[C@@H]1CS[C@H](c2ccc([N+](=O)[O-])cc2)N1. The number of rotatable bonds is 3. The summed E-state index contributed by atoms with van der Waals surface area (Å²) in [5.41, 5.74) is 0.885. The smallest absolute Gasteiger partial charge is 0.321 e. The van der Waals surface area contributed by atoms with Crippen LogP contribution in [-0.4, -0.2) is 27.8 Å². The van der Waals surface area contributed by atoms with Gasteiger partial charge in [-0.1, -0.05) is 0 Å². The number of hydrogen-bond donors (Lipinski definition) is 2. The Morgan fingerprint density at radius 2 is 2.12 bits per heavy atom. The molecule has 1 aromatic carbocycles. The third-order valence-electron chi connectivity index (χ3n) is 2.49. The zero-order chi connectivity index (χ0) is 12.4. The lowest BCUT2D eigenvalue weighted by atomic mass is 10.2. The number of carboxylic acids is 1. The summed E-state index contributed by atoms with van der Waals surface area (Å²) in [6, 6.07) is 5.58. The number of thioether (sulfide) groups is 1. The van der Waals surface area contributed by atoms with Crippen LogP contribution in [0.5, 0.6) is 0 Å². The Balaban J connectivity index is 2.09. The molecule has 0 bridgehead atoms. The molecule has 7 heteroatoms. The maximum absolute atomic E-state index is 10.8. The van der Waals surface area contributed by atoms with Gasteiger partial charge in [0, 0.05) is 17.9 Å². The maximum atomic E-state index is 10.8. The molecule has 1 fully saturated rings. The van der Waals surface area contributed by atoms with E-state index in [9.17, 15) is 14.9 Å². The second kappa shape index (κ2) is 4.72. The van der Waals surface area contributed by atoms with Gasteiger partial charge in [0.2, 0.25) is 0 Å². The van der Waals surface area contributed by atoms with Crippen LogP contribution in [0.25, 0.3) is 0 Å². The normalized spacial score (nSPS) is 23.5. The van der Waals surface area contributed by atoms with Crippen LogP contribution >= 0.6 is 11.8 Å². The monoisotopic (exact) mass is 254 g/mol. The minimum Gasteiger partial charge on any atom is -0.480 e. The molecule has 2 rings (SSSR count). The van der Waals surface area contributed by atoms with Crippen molar-refractivity contribution in [2.45, 2.75) is 11.4 Å². The van der Waals surface area contributed by atoms with Gasteiger partial charge in [-0.15, -0.1) is 11.8 Å². The highest BCUT2D eigenvalue weighted by molar-refractivity contribution is 7.99. The third-order valence-corrected chi connectivity index (χ3v) is 3.75. The second-order valence-electron chi connectivity index (χ2n) is 3.62. The van der Waals surface area contributed by atoms with Gasteiger partial charge in [-0.25, -0.2) is 0 Å². The molecule has 90 valence electrons. The summed E-state index contributed by atoms with van der Waals surface area (Å²) in [6.07, 6.45) is 0. The molecule has 2 N–H and O–H groups in total. The average molecular weight is 254 g/mol. The number of benzene rings is 1. The minimum atomic E-state index is -0.873. The van der Waals surface area contributed by atoms with Gasteiger partial charge in [-0.2, -0.15) is 0 Å². The van der Waals surface area contributed by atoms with Crippen molar-refractivity contribution < 1.29 is 14.8 Å². The summed E-state index contributed by atoms with van der Waals surface area (Å²) in [5, 5.41) is 22.1. The van der Waals surface area contributed by atoms with Gasteiger partial charge in [0.15, 0.2) is 0 Å². The van der Waals surface area contributed by atoms with E-state index in [2.05, 4.69) is 5.32 Å². The van der Waals surface area contributed by atoms with E-state index in [-0.39, 0.29) is 11.1 Å². The van der Waals surface area contributed by atoms with Crippen LogP contribution in [0.2, 0.25) is 0 Å². The first-order valence-corrected chi connectivity index (χ1v) is 5.97. The van der Waals surface area contributed by atoms with Crippen LogP contribution in [0.3, 0.4) is 0 Å². The first-order chi connectivity index (χ1) is 8.08. The highest BCUT2D eigenvalue weighted by Crippen LogP contribution is 2.33. The Morgan fingerprint density at radius 3 is 2.59 bits per heavy atom. The number of nitrogens with one attached hydrogen (secondary N) is 1. The highest BCUT2D eigenvalue weighted by Gasteiger charge is 2.30. The van der Waals surface area contributed by atoms with Crippen LogP contribution < -0.4 is 5.32 Å². The predicted octanol–water partition coefficient (Wildman–Crippen LogP) is 1.38. The zero-order valence-electron chi connectivity index (χ0n) is 8.70. The molecule has 1 aliphatic rings. The number of nitrogens with zero attached hydrogens (tertiary/aromatic N) is 1. The summed E-state index contributed by atoms with van der Waals surface area (Å²) in [6.45, 7) is 0. The van der Waals surface area contributed by atoms with E-state index in [0.29, 0.717) is 5.75 Å². The van der Waals surface area contributed by atoms with Crippen molar-refractivity contribution >= 4 is 23.4 Å². The molecule has 1 saturated heterocycles. The van der Waals surface area contributed by atoms with Gasteiger partial charge in [0.1, 0.15) is 6.04 Å². The number of nitro groups is 1. The first kappa shape index (κ1) is 11.9. The van der Waals surface area contributed by atoms with Crippen molar-refractivity contribution in [1.29, 1.82) is 0 Å². The Morgan fingerprint density at radius 1 is 1.47 bits per heavy atom. The topological polar surface area (TPSA) is 92.5 Å². The molecule has 0 unspecified atom stereocenters. The van der Waals surface area contributed by atoms with E-state index >= 15 is 0 Å². The van der Waals surface area contributed by atoms with Crippen LogP contribution in [-0.2, 0) is 4.79 Å². The quantitative estimate of drug-likeness (QED) is 0.625. The molecule has 1 heterocycles. The standard InChI is InChI=1S/C10H10N2O4S/c13-10(14)8-5-17-9(11-8)6-1-3-7(4-2-6)12(15)16/h1-4,8-9,11H,5H2,(H,13,14)/t8-,9+/m0/s1. The predicted molar refractivity (Wildman–Crippen MR) is 62.9 cm³/mol. The summed E-state index contributed by atoms with van der Waals surface area (Å²) in [5.74, 6) is -0.376. The average Bonchev–Trinajstić information content (AvgIpc) is 2.78. The lowest BCUT2D eigenvalue weighted by molar-refractivity contribution is -0.384. The molecule has 0 radical (unpaired) electrons. The van der Waals surface area contributed by atoms with Gasteiger partial charge in [-0.3, -0.25) is 20.2 Å². The maximum Gasteiger partial charge on any atom is 0.321 e.